The molecule has 0 bridgehead atoms. The van der Waals surface area contributed by atoms with Crippen molar-refractivity contribution in [2.75, 3.05) is 38.3 Å². The van der Waals surface area contributed by atoms with E-state index in [9.17, 15) is 14.3 Å². The summed E-state index contributed by atoms with van der Waals surface area (Å²) in [6.45, 7) is 2.64. The monoisotopic (exact) mass is 371 g/mol. The molecular formula is C20H18FNO5. The highest BCUT2D eigenvalue weighted by Crippen LogP contribution is 2.40. The van der Waals surface area contributed by atoms with Gasteiger partial charge in [-0.05, 0) is 30.3 Å². The van der Waals surface area contributed by atoms with Gasteiger partial charge in [0.05, 0.1) is 26.0 Å². The lowest BCUT2D eigenvalue weighted by Crippen LogP contribution is -2.36. The molecule has 1 fully saturated rings. The number of carbonyl (C=O) groups is 1. The second-order valence-electron chi connectivity index (χ2n) is 6.24. The Morgan fingerprint density at radius 3 is 2.52 bits per heavy atom. The summed E-state index contributed by atoms with van der Waals surface area (Å²) >= 11 is 0. The van der Waals surface area contributed by atoms with Crippen LogP contribution in [0.4, 0.5) is 10.1 Å². The normalized spacial score (nSPS) is 14.5. The average Bonchev–Trinajstić information content (AvgIpc) is 3.06. The Hall–Kier alpha value is -3.06. The van der Waals surface area contributed by atoms with Gasteiger partial charge in [-0.25, -0.2) is 9.18 Å². The molecule has 0 amide bonds. The van der Waals surface area contributed by atoms with E-state index < -0.39 is 11.8 Å². The van der Waals surface area contributed by atoms with Crippen LogP contribution in [0.15, 0.2) is 40.8 Å². The van der Waals surface area contributed by atoms with Crippen LogP contribution in [0.1, 0.15) is 10.4 Å². The Kier molecular flexibility index (Phi) is 4.45. The molecule has 0 aliphatic carbocycles. The highest BCUT2D eigenvalue weighted by Gasteiger charge is 2.25. The first kappa shape index (κ1) is 17.4. The van der Waals surface area contributed by atoms with Crippen molar-refractivity contribution >= 4 is 22.6 Å². The van der Waals surface area contributed by atoms with Crippen LogP contribution >= 0.6 is 0 Å². The van der Waals surface area contributed by atoms with Crippen molar-refractivity contribution in [1.29, 1.82) is 0 Å². The molecule has 1 aliphatic rings. The summed E-state index contributed by atoms with van der Waals surface area (Å²) in [5.41, 5.74) is 1.79. The first-order chi connectivity index (χ1) is 13.1. The van der Waals surface area contributed by atoms with E-state index in [1.807, 2.05) is 0 Å². The van der Waals surface area contributed by atoms with Crippen molar-refractivity contribution in [1.82, 2.24) is 0 Å². The lowest BCUT2D eigenvalue weighted by molar-refractivity contribution is 0.0699. The summed E-state index contributed by atoms with van der Waals surface area (Å²) in [4.78, 5) is 14.0. The number of methoxy groups -OCH3 is 1. The summed E-state index contributed by atoms with van der Waals surface area (Å²) in [6, 6.07) is 9.01. The summed E-state index contributed by atoms with van der Waals surface area (Å²) in [7, 11) is 1.55. The second-order valence-corrected chi connectivity index (χ2v) is 6.24. The number of aromatic carboxylic acids is 1. The molecular weight excluding hydrogens is 353 g/mol. The van der Waals surface area contributed by atoms with Gasteiger partial charge in [-0.15, -0.1) is 0 Å². The average molecular weight is 371 g/mol. The van der Waals surface area contributed by atoms with Gasteiger partial charge in [0.25, 0.3) is 0 Å². The van der Waals surface area contributed by atoms with Gasteiger partial charge < -0.3 is 23.9 Å². The summed E-state index contributed by atoms with van der Waals surface area (Å²) in [6.07, 6.45) is 0. The van der Waals surface area contributed by atoms with E-state index in [1.165, 1.54) is 24.3 Å². The predicted octanol–water partition coefficient (Wildman–Crippen LogP) is 3.78. The van der Waals surface area contributed by atoms with Gasteiger partial charge in [0.1, 0.15) is 28.5 Å². The van der Waals surface area contributed by atoms with Crippen molar-refractivity contribution in [3.8, 4) is 17.1 Å². The molecule has 3 aromatic rings. The number of carboxylic acids is 1. The number of halogens is 1. The Labute approximate surface area is 154 Å². The molecule has 0 spiro atoms. The van der Waals surface area contributed by atoms with Crippen LogP contribution in [-0.4, -0.2) is 44.5 Å². The Morgan fingerprint density at radius 1 is 1.19 bits per heavy atom. The molecule has 0 atom stereocenters. The highest BCUT2D eigenvalue weighted by atomic mass is 19.1. The lowest BCUT2D eigenvalue weighted by atomic mass is 10.0. The zero-order chi connectivity index (χ0) is 19.0. The summed E-state index contributed by atoms with van der Waals surface area (Å²) in [5.74, 6) is -0.755. The van der Waals surface area contributed by atoms with Gasteiger partial charge in [-0.1, -0.05) is 0 Å². The van der Waals surface area contributed by atoms with E-state index in [1.54, 1.807) is 19.2 Å². The number of hydrogen-bond donors (Lipinski definition) is 1. The number of rotatable bonds is 4. The fourth-order valence-electron chi connectivity index (χ4n) is 3.34. The van der Waals surface area contributed by atoms with Crippen molar-refractivity contribution in [3.05, 3.63) is 47.8 Å². The van der Waals surface area contributed by atoms with Crippen LogP contribution in [0.2, 0.25) is 0 Å². The van der Waals surface area contributed by atoms with Gasteiger partial charge >= 0.3 is 5.97 Å². The molecule has 0 unspecified atom stereocenters. The molecule has 1 N–H and O–H groups in total. The Bertz CT molecular complexity index is 990. The van der Waals surface area contributed by atoms with Crippen molar-refractivity contribution < 1.29 is 28.2 Å². The molecule has 140 valence electrons. The minimum Gasteiger partial charge on any atom is -0.495 e. The number of hydrogen-bond acceptors (Lipinski definition) is 5. The van der Waals surface area contributed by atoms with Crippen LogP contribution in [0.3, 0.4) is 0 Å². The Morgan fingerprint density at radius 2 is 1.89 bits per heavy atom. The van der Waals surface area contributed by atoms with Crippen LogP contribution in [-0.2, 0) is 4.74 Å². The summed E-state index contributed by atoms with van der Waals surface area (Å²) in [5, 5.41) is 10.2. The second kappa shape index (κ2) is 6.92. The third-order valence-electron chi connectivity index (χ3n) is 4.66. The highest BCUT2D eigenvalue weighted by molar-refractivity contribution is 6.09. The Balaban J connectivity index is 1.91. The quantitative estimate of drug-likeness (QED) is 0.752. The fraction of sp³-hybridized carbons (Fsp3) is 0.250. The molecule has 6 nitrogen and oxygen atoms in total. The first-order valence-electron chi connectivity index (χ1n) is 8.55. The minimum atomic E-state index is -1.12. The van der Waals surface area contributed by atoms with Crippen molar-refractivity contribution in [3.63, 3.8) is 0 Å². The predicted molar refractivity (Wildman–Crippen MR) is 98.2 cm³/mol. The SMILES string of the molecule is COc1cc2c(C(=O)O)c(-c3ccc(F)cc3)oc2cc1N1CCOCC1. The fourth-order valence-corrected chi connectivity index (χ4v) is 3.34. The number of morpholine rings is 1. The zero-order valence-electron chi connectivity index (χ0n) is 14.7. The maximum absolute atomic E-state index is 13.2. The number of fused-ring (bicyclic) bond motifs is 1. The van der Waals surface area contributed by atoms with E-state index in [-0.39, 0.29) is 11.3 Å². The van der Waals surface area contributed by atoms with Crippen LogP contribution in [0, 0.1) is 5.82 Å². The van der Waals surface area contributed by atoms with Gasteiger partial charge in [0.15, 0.2) is 0 Å². The standard InChI is InChI=1S/C20H18FNO5/c1-25-17-10-14-16(11-15(17)22-6-8-26-9-7-22)27-19(18(14)20(23)24)12-2-4-13(21)5-3-12/h2-5,10-11H,6-9H2,1H3,(H,23,24). The summed E-state index contributed by atoms with van der Waals surface area (Å²) < 4.78 is 30.0. The number of carboxylic acid groups (broad SMARTS) is 1. The maximum Gasteiger partial charge on any atom is 0.340 e. The van der Waals surface area contributed by atoms with E-state index in [0.29, 0.717) is 48.6 Å². The maximum atomic E-state index is 13.2. The van der Waals surface area contributed by atoms with Crippen LogP contribution in [0.5, 0.6) is 5.75 Å². The van der Waals surface area contributed by atoms with Gasteiger partial charge in [-0.3, -0.25) is 0 Å². The number of anilines is 1. The molecule has 0 saturated carbocycles. The minimum absolute atomic E-state index is 0.0310. The van der Waals surface area contributed by atoms with Gasteiger partial charge in [-0.2, -0.15) is 0 Å². The molecule has 1 aliphatic heterocycles. The molecule has 1 aromatic heterocycles. The van der Waals surface area contributed by atoms with E-state index in [2.05, 4.69) is 4.90 Å². The molecule has 7 heteroatoms. The van der Waals surface area contributed by atoms with E-state index >= 15 is 0 Å². The zero-order valence-corrected chi connectivity index (χ0v) is 14.7. The number of benzene rings is 2. The largest absolute Gasteiger partial charge is 0.495 e. The third kappa shape index (κ3) is 3.10. The van der Waals surface area contributed by atoms with Gasteiger partial charge in [0.2, 0.25) is 0 Å². The topological polar surface area (TPSA) is 72.1 Å². The number of furan rings is 1. The van der Waals surface area contributed by atoms with E-state index in [4.69, 9.17) is 13.9 Å². The van der Waals surface area contributed by atoms with Gasteiger partial charge in [0, 0.05) is 30.1 Å². The molecule has 0 radical (unpaired) electrons. The molecule has 2 aromatic carbocycles. The van der Waals surface area contributed by atoms with Crippen LogP contribution in [0.25, 0.3) is 22.3 Å². The van der Waals surface area contributed by atoms with Crippen molar-refractivity contribution in [2.24, 2.45) is 0 Å². The van der Waals surface area contributed by atoms with Crippen LogP contribution < -0.4 is 9.64 Å². The molecule has 1 saturated heterocycles. The van der Waals surface area contributed by atoms with E-state index in [0.717, 1.165) is 5.69 Å². The lowest BCUT2D eigenvalue weighted by Gasteiger charge is -2.29. The van der Waals surface area contributed by atoms with Crippen molar-refractivity contribution in [2.45, 2.75) is 0 Å². The smallest absolute Gasteiger partial charge is 0.340 e. The molecule has 27 heavy (non-hydrogen) atoms. The molecule has 4 rings (SSSR count). The number of ether oxygens (including phenoxy) is 2. The molecule has 2 heterocycles. The third-order valence-corrected chi connectivity index (χ3v) is 4.66. The number of nitrogens with zero attached hydrogens (tertiary/aromatic N) is 1. The first-order valence-corrected chi connectivity index (χ1v) is 8.55.